The Kier molecular flexibility index (Phi) is 3.92. The highest BCUT2D eigenvalue weighted by atomic mass is 32.2. The molecule has 0 spiro atoms. The van der Waals surface area contributed by atoms with E-state index in [2.05, 4.69) is 5.32 Å². The second-order valence-corrected chi connectivity index (χ2v) is 6.16. The second kappa shape index (κ2) is 4.77. The molecular weight excluding hydrogens is 202 g/mol. The molecule has 1 rings (SSSR count). The molecule has 5 heteroatoms. The maximum absolute atomic E-state index is 11.4. The largest absolute Gasteiger partial charge is 0.355 e. The lowest BCUT2D eigenvalue weighted by atomic mass is 10.1. The summed E-state index contributed by atoms with van der Waals surface area (Å²) in [6.45, 7) is 0.244. The first-order valence-electron chi connectivity index (χ1n) is 4.94. The SMILES string of the molecule is CS(=O)(=O)CCNC(=O)C1CCCC1. The van der Waals surface area contributed by atoms with Gasteiger partial charge in [-0.15, -0.1) is 0 Å². The van der Waals surface area contributed by atoms with Crippen molar-refractivity contribution in [1.29, 1.82) is 0 Å². The summed E-state index contributed by atoms with van der Waals surface area (Å²) in [5.74, 6) is 0.173. The van der Waals surface area contributed by atoms with Crippen LogP contribution < -0.4 is 5.32 Å². The number of rotatable bonds is 4. The van der Waals surface area contributed by atoms with E-state index in [-0.39, 0.29) is 24.1 Å². The minimum Gasteiger partial charge on any atom is -0.355 e. The van der Waals surface area contributed by atoms with Gasteiger partial charge in [-0.05, 0) is 12.8 Å². The van der Waals surface area contributed by atoms with E-state index < -0.39 is 9.84 Å². The summed E-state index contributed by atoms with van der Waals surface area (Å²) in [5.41, 5.74) is 0. The molecule has 1 saturated carbocycles. The van der Waals surface area contributed by atoms with Crippen LogP contribution in [0.25, 0.3) is 0 Å². The molecular formula is C9H17NO3S. The molecule has 0 radical (unpaired) electrons. The molecule has 1 aliphatic rings. The van der Waals surface area contributed by atoms with E-state index >= 15 is 0 Å². The fraction of sp³-hybridized carbons (Fsp3) is 0.889. The molecule has 0 heterocycles. The number of hydrogen-bond acceptors (Lipinski definition) is 3. The molecule has 0 aromatic carbocycles. The van der Waals surface area contributed by atoms with Gasteiger partial charge in [0.2, 0.25) is 5.91 Å². The van der Waals surface area contributed by atoms with Crippen molar-refractivity contribution in [3.05, 3.63) is 0 Å². The van der Waals surface area contributed by atoms with E-state index in [1.165, 1.54) is 6.26 Å². The number of carbonyl (C=O) groups excluding carboxylic acids is 1. The number of amides is 1. The second-order valence-electron chi connectivity index (χ2n) is 3.90. The van der Waals surface area contributed by atoms with Crippen LogP contribution in [-0.2, 0) is 14.6 Å². The molecule has 1 amide bonds. The quantitative estimate of drug-likeness (QED) is 0.741. The van der Waals surface area contributed by atoms with Crippen molar-refractivity contribution < 1.29 is 13.2 Å². The standard InChI is InChI=1S/C9H17NO3S/c1-14(12,13)7-6-10-9(11)8-4-2-3-5-8/h8H,2-7H2,1H3,(H,10,11). The molecule has 4 nitrogen and oxygen atoms in total. The van der Waals surface area contributed by atoms with Gasteiger partial charge < -0.3 is 5.32 Å². The molecule has 0 aromatic rings. The molecule has 0 atom stereocenters. The zero-order valence-electron chi connectivity index (χ0n) is 8.45. The molecule has 0 bridgehead atoms. The monoisotopic (exact) mass is 219 g/mol. The Labute approximate surface area is 85.0 Å². The van der Waals surface area contributed by atoms with Crippen molar-refractivity contribution in [3.8, 4) is 0 Å². The fourth-order valence-electron chi connectivity index (χ4n) is 1.69. The highest BCUT2D eigenvalue weighted by molar-refractivity contribution is 7.90. The van der Waals surface area contributed by atoms with Crippen molar-refractivity contribution in [2.24, 2.45) is 5.92 Å². The first-order chi connectivity index (χ1) is 6.49. The number of nitrogens with one attached hydrogen (secondary N) is 1. The third kappa shape index (κ3) is 4.09. The number of carbonyl (C=O) groups is 1. The van der Waals surface area contributed by atoms with Gasteiger partial charge >= 0.3 is 0 Å². The predicted molar refractivity (Wildman–Crippen MR) is 54.7 cm³/mol. The van der Waals surface area contributed by atoms with Crippen LogP contribution in [-0.4, -0.2) is 32.9 Å². The van der Waals surface area contributed by atoms with Gasteiger partial charge in [0.25, 0.3) is 0 Å². The Hall–Kier alpha value is -0.580. The Morgan fingerprint density at radius 3 is 2.43 bits per heavy atom. The van der Waals surface area contributed by atoms with Crippen LogP contribution in [0, 0.1) is 5.92 Å². The zero-order valence-corrected chi connectivity index (χ0v) is 9.27. The minimum atomic E-state index is -2.96. The highest BCUT2D eigenvalue weighted by Crippen LogP contribution is 2.24. The summed E-state index contributed by atoms with van der Waals surface area (Å²) in [4.78, 5) is 11.4. The number of hydrogen-bond donors (Lipinski definition) is 1. The zero-order chi connectivity index (χ0) is 10.6. The van der Waals surface area contributed by atoms with Crippen LogP contribution in [0.1, 0.15) is 25.7 Å². The molecule has 0 aliphatic heterocycles. The summed E-state index contributed by atoms with van der Waals surface area (Å²) in [6, 6.07) is 0. The Morgan fingerprint density at radius 2 is 1.93 bits per heavy atom. The van der Waals surface area contributed by atoms with Gasteiger partial charge in [0.1, 0.15) is 9.84 Å². The lowest BCUT2D eigenvalue weighted by Gasteiger charge is -2.09. The van der Waals surface area contributed by atoms with E-state index in [9.17, 15) is 13.2 Å². The molecule has 82 valence electrons. The molecule has 0 saturated heterocycles. The van der Waals surface area contributed by atoms with Crippen molar-refractivity contribution in [3.63, 3.8) is 0 Å². The summed E-state index contributed by atoms with van der Waals surface area (Å²) >= 11 is 0. The van der Waals surface area contributed by atoms with Crippen molar-refractivity contribution in [2.45, 2.75) is 25.7 Å². The fourth-order valence-corrected chi connectivity index (χ4v) is 2.16. The van der Waals surface area contributed by atoms with Crippen LogP contribution in [0.5, 0.6) is 0 Å². The lowest BCUT2D eigenvalue weighted by Crippen LogP contribution is -2.33. The maximum Gasteiger partial charge on any atom is 0.223 e. The highest BCUT2D eigenvalue weighted by Gasteiger charge is 2.22. The summed E-state index contributed by atoms with van der Waals surface area (Å²) in [5, 5.41) is 2.66. The maximum atomic E-state index is 11.4. The molecule has 0 unspecified atom stereocenters. The third-order valence-corrected chi connectivity index (χ3v) is 3.44. The first-order valence-corrected chi connectivity index (χ1v) is 7.00. The van der Waals surface area contributed by atoms with Gasteiger partial charge in [0.15, 0.2) is 0 Å². The Bertz CT molecular complexity index is 291. The van der Waals surface area contributed by atoms with Gasteiger partial charge in [-0.3, -0.25) is 4.79 Å². The average molecular weight is 219 g/mol. The van der Waals surface area contributed by atoms with Gasteiger partial charge in [-0.2, -0.15) is 0 Å². The van der Waals surface area contributed by atoms with Crippen molar-refractivity contribution >= 4 is 15.7 Å². The molecule has 0 aromatic heterocycles. The van der Waals surface area contributed by atoms with Gasteiger partial charge in [0.05, 0.1) is 5.75 Å². The van der Waals surface area contributed by atoms with Crippen LogP contribution >= 0.6 is 0 Å². The molecule has 14 heavy (non-hydrogen) atoms. The van der Waals surface area contributed by atoms with Gasteiger partial charge in [0, 0.05) is 18.7 Å². The van der Waals surface area contributed by atoms with Crippen LogP contribution in [0.4, 0.5) is 0 Å². The lowest BCUT2D eigenvalue weighted by molar-refractivity contribution is -0.124. The normalized spacial score (nSPS) is 18.4. The van der Waals surface area contributed by atoms with Crippen molar-refractivity contribution in [2.75, 3.05) is 18.6 Å². The van der Waals surface area contributed by atoms with E-state index in [0.717, 1.165) is 25.7 Å². The topological polar surface area (TPSA) is 63.2 Å². The predicted octanol–water partition coefficient (Wildman–Crippen LogP) is 0.337. The van der Waals surface area contributed by atoms with E-state index in [0.29, 0.717) is 0 Å². The van der Waals surface area contributed by atoms with Gasteiger partial charge in [-0.25, -0.2) is 8.42 Å². The first kappa shape index (κ1) is 11.5. The van der Waals surface area contributed by atoms with Crippen molar-refractivity contribution in [1.82, 2.24) is 5.32 Å². The smallest absolute Gasteiger partial charge is 0.223 e. The minimum absolute atomic E-state index is 0.0196. The van der Waals surface area contributed by atoms with Crippen LogP contribution in [0.15, 0.2) is 0 Å². The number of sulfone groups is 1. The van der Waals surface area contributed by atoms with E-state index in [1.807, 2.05) is 0 Å². The third-order valence-electron chi connectivity index (χ3n) is 2.50. The van der Waals surface area contributed by atoms with Crippen LogP contribution in [0.3, 0.4) is 0 Å². The molecule has 1 N–H and O–H groups in total. The van der Waals surface area contributed by atoms with E-state index in [4.69, 9.17) is 0 Å². The van der Waals surface area contributed by atoms with E-state index in [1.54, 1.807) is 0 Å². The van der Waals surface area contributed by atoms with Gasteiger partial charge in [-0.1, -0.05) is 12.8 Å². The summed E-state index contributed by atoms with van der Waals surface area (Å²) < 4.78 is 21.6. The Balaban J connectivity index is 2.21. The summed E-state index contributed by atoms with van der Waals surface area (Å²) in [6.07, 6.45) is 5.30. The Morgan fingerprint density at radius 1 is 1.36 bits per heavy atom. The van der Waals surface area contributed by atoms with Crippen LogP contribution in [0.2, 0.25) is 0 Å². The average Bonchev–Trinajstić information content (AvgIpc) is 2.53. The summed E-state index contributed by atoms with van der Waals surface area (Å²) in [7, 11) is -2.96. The molecule has 1 fully saturated rings. The molecule has 1 aliphatic carbocycles.